The minimum Gasteiger partial charge on any atom is -0.487 e. The van der Waals surface area contributed by atoms with Crippen LogP contribution in [0, 0.1) is 0 Å². The highest BCUT2D eigenvalue weighted by atomic mass is 16.5. The number of pyridine rings is 2. The van der Waals surface area contributed by atoms with Crippen molar-refractivity contribution >= 4 is 22.6 Å². The molecule has 0 unspecified atom stereocenters. The molecule has 10 nitrogen and oxygen atoms in total. The van der Waals surface area contributed by atoms with Gasteiger partial charge in [-0.2, -0.15) is 0 Å². The second-order valence-corrected chi connectivity index (χ2v) is 9.24. The van der Waals surface area contributed by atoms with E-state index in [4.69, 9.17) is 14.2 Å². The number of aromatic nitrogens is 3. The molecule has 1 aromatic carbocycles. The van der Waals surface area contributed by atoms with Crippen LogP contribution in [0.2, 0.25) is 0 Å². The maximum absolute atomic E-state index is 12.9. The number of nitrogens with zero attached hydrogens (tertiary/aromatic N) is 3. The van der Waals surface area contributed by atoms with E-state index in [1.54, 1.807) is 24.5 Å². The number of carbonyl (C=O) groups is 1. The largest absolute Gasteiger partial charge is 0.487 e. The maximum atomic E-state index is 12.9. The van der Waals surface area contributed by atoms with Crippen LogP contribution in [0.25, 0.3) is 10.9 Å². The smallest absolute Gasteiger partial charge is 0.258 e. The average molecular weight is 531 g/mol. The first-order chi connectivity index (χ1) is 19.1. The third-order valence-electron chi connectivity index (χ3n) is 6.69. The standard InChI is InChI=1S/C29H34N6O4/c1-3-37-14-15-38-26-18-25-21(9-13-35(25)30-2)16-27(26)39-23-8-12-32-28(17-23)34-29(36)22-4-5-24(33-19-22)20-6-10-31-11-7-20/h4-5,8-9,12-13,16-20,30-31H,3,6-7,10-11,14-15H2,1-2H3,(H,32,34,36). The number of benzene rings is 1. The normalized spacial score (nSPS) is 13.8. The van der Waals surface area contributed by atoms with Crippen LogP contribution >= 0.6 is 0 Å². The summed E-state index contributed by atoms with van der Waals surface area (Å²) in [6, 6.07) is 13.0. The highest BCUT2D eigenvalue weighted by Gasteiger charge is 2.17. The third kappa shape index (κ3) is 6.47. The SMILES string of the molecule is CCOCCOc1cc2c(ccn2NC)cc1Oc1ccnc(NC(=O)c2ccc(C3CCNCC3)nc2)c1. The lowest BCUT2D eigenvalue weighted by molar-refractivity contribution is 0.102. The second kappa shape index (κ2) is 12.6. The zero-order chi connectivity index (χ0) is 27.0. The quantitative estimate of drug-likeness (QED) is 0.243. The van der Waals surface area contributed by atoms with E-state index in [2.05, 4.69) is 26.0 Å². The van der Waals surface area contributed by atoms with E-state index in [-0.39, 0.29) is 5.91 Å². The predicted molar refractivity (Wildman–Crippen MR) is 151 cm³/mol. The monoisotopic (exact) mass is 530 g/mol. The lowest BCUT2D eigenvalue weighted by Crippen LogP contribution is -2.27. The Balaban J connectivity index is 1.30. The summed E-state index contributed by atoms with van der Waals surface area (Å²) in [7, 11) is 1.85. The molecule has 0 bridgehead atoms. The van der Waals surface area contributed by atoms with Gasteiger partial charge in [0.05, 0.1) is 17.7 Å². The number of ether oxygens (including phenoxy) is 3. The fraction of sp³-hybridized carbons (Fsp3) is 0.345. The van der Waals surface area contributed by atoms with Gasteiger partial charge in [-0.05, 0) is 63.2 Å². The number of nitrogens with one attached hydrogen (secondary N) is 3. The number of amides is 1. The fourth-order valence-electron chi connectivity index (χ4n) is 4.64. The first kappa shape index (κ1) is 26.5. The molecule has 1 amide bonds. The Labute approximate surface area is 227 Å². The Bertz CT molecular complexity index is 1400. The molecule has 3 N–H and O–H groups in total. The van der Waals surface area contributed by atoms with Gasteiger partial charge in [-0.3, -0.25) is 14.5 Å². The van der Waals surface area contributed by atoms with Crippen LogP contribution in [-0.2, 0) is 4.74 Å². The van der Waals surface area contributed by atoms with Crippen molar-refractivity contribution in [2.75, 3.05) is 50.7 Å². The van der Waals surface area contributed by atoms with Crippen LogP contribution in [0.3, 0.4) is 0 Å². The van der Waals surface area contributed by atoms with Crippen molar-refractivity contribution in [2.24, 2.45) is 0 Å². The van der Waals surface area contributed by atoms with Gasteiger partial charge in [0, 0.05) is 61.4 Å². The first-order valence-corrected chi connectivity index (χ1v) is 13.3. The molecule has 1 aliphatic heterocycles. The topological polar surface area (TPSA) is 112 Å². The van der Waals surface area contributed by atoms with Crippen LogP contribution < -0.4 is 25.5 Å². The molecule has 1 saturated heterocycles. The van der Waals surface area contributed by atoms with Gasteiger partial charge in [0.25, 0.3) is 5.91 Å². The number of fused-ring (bicyclic) bond motifs is 1. The van der Waals surface area contributed by atoms with Crippen LogP contribution in [0.5, 0.6) is 17.2 Å². The molecule has 3 aromatic heterocycles. The zero-order valence-electron chi connectivity index (χ0n) is 22.3. The molecular weight excluding hydrogens is 496 g/mol. The van der Waals surface area contributed by atoms with Crippen molar-refractivity contribution < 1.29 is 19.0 Å². The van der Waals surface area contributed by atoms with Gasteiger partial charge >= 0.3 is 0 Å². The molecule has 0 radical (unpaired) electrons. The van der Waals surface area contributed by atoms with Crippen LogP contribution in [-0.4, -0.2) is 60.5 Å². The van der Waals surface area contributed by atoms with Crippen molar-refractivity contribution in [3.63, 3.8) is 0 Å². The Morgan fingerprint density at radius 1 is 1.08 bits per heavy atom. The van der Waals surface area contributed by atoms with Crippen LogP contribution in [0.15, 0.2) is 61.1 Å². The van der Waals surface area contributed by atoms with E-state index in [9.17, 15) is 4.79 Å². The van der Waals surface area contributed by atoms with Crippen molar-refractivity contribution in [1.29, 1.82) is 0 Å². The number of hydrogen-bond acceptors (Lipinski definition) is 8. The molecule has 39 heavy (non-hydrogen) atoms. The molecule has 4 heterocycles. The number of anilines is 1. The summed E-state index contributed by atoms with van der Waals surface area (Å²) in [5, 5.41) is 7.20. The summed E-state index contributed by atoms with van der Waals surface area (Å²) >= 11 is 0. The first-order valence-electron chi connectivity index (χ1n) is 13.3. The Kier molecular flexibility index (Phi) is 8.55. The van der Waals surface area contributed by atoms with Gasteiger partial charge in [0.2, 0.25) is 0 Å². The molecule has 1 fully saturated rings. The van der Waals surface area contributed by atoms with Crippen molar-refractivity contribution in [1.82, 2.24) is 20.0 Å². The molecule has 1 aliphatic rings. The summed E-state index contributed by atoms with van der Waals surface area (Å²) in [4.78, 5) is 21.7. The van der Waals surface area contributed by atoms with Gasteiger partial charge in [-0.25, -0.2) is 4.98 Å². The predicted octanol–water partition coefficient (Wildman–Crippen LogP) is 4.53. The van der Waals surface area contributed by atoms with Crippen molar-refractivity contribution in [3.8, 4) is 17.2 Å². The minimum absolute atomic E-state index is 0.279. The molecular formula is C29H34N6O4. The number of rotatable bonds is 11. The molecule has 0 atom stereocenters. The molecule has 204 valence electrons. The Morgan fingerprint density at radius 2 is 1.95 bits per heavy atom. The number of piperidine rings is 1. The third-order valence-corrected chi connectivity index (χ3v) is 6.69. The van der Waals surface area contributed by atoms with Crippen LogP contribution in [0.4, 0.5) is 5.82 Å². The van der Waals surface area contributed by atoms with Crippen LogP contribution in [0.1, 0.15) is 41.7 Å². The van der Waals surface area contributed by atoms with Crippen molar-refractivity contribution in [2.45, 2.75) is 25.7 Å². The maximum Gasteiger partial charge on any atom is 0.258 e. The highest BCUT2D eigenvalue weighted by Crippen LogP contribution is 2.36. The minimum atomic E-state index is -0.279. The summed E-state index contributed by atoms with van der Waals surface area (Å²) in [5.41, 5.74) is 5.59. The molecule has 0 saturated carbocycles. The van der Waals surface area contributed by atoms with Gasteiger partial charge in [-0.15, -0.1) is 0 Å². The summed E-state index contributed by atoms with van der Waals surface area (Å²) < 4.78 is 19.6. The second-order valence-electron chi connectivity index (χ2n) is 9.24. The van der Waals surface area contributed by atoms with Gasteiger partial charge in [0.15, 0.2) is 11.5 Å². The molecule has 5 rings (SSSR count). The lowest BCUT2D eigenvalue weighted by atomic mass is 9.94. The number of hydrogen-bond donors (Lipinski definition) is 3. The summed E-state index contributed by atoms with van der Waals surface area (Å²) in [6.45, 7) is 5.42. The molecule has 4 aromatic rings. The van der Waals surface area contributed by atoms with Crippen molar-refractivity contribution in [3.05, 3.63) is 72.3 Å². The fourth-order valence-corrected chi connectivity index (χ4v) is 4.64. The van der Waals surface area contributed by atoms with E-state index in [0.29, 0.717) is 54.4 Å². The molecule has 0 spiro atoms. The van der Waals surface area contributed by atoms with E-state index in [1.807, 2.05) is 55.2 Å². The Hall–Kier alpha value is -4.15. The Morgan fingerprint density at radius 3 is 2.72 bits per heavy atom. The van der Waals surface area contributed by atoms with E-state index < -0.39 is 0 Å². The average Bonchev–Trinajstić information content (AvgIpc) is 3.37. The van der Waals surface area contributed by atoms with E-state index >= 15 is 0 Å². The molecule has 0 aliphatic carbocycles. The summed E-state index contributed by atoms with van der Waals surface area (Å²) in [6.07, 6.45) is 7.28. The van der Waals surface area contributed by atoms with Gasteiger partial charge in [-0.1, -0.05) is 0 Å². The summed E-state index contributed by atoms with van der Waals surface area (Å²) in [5.74, 6) is 2.18. The van der Waals surface area contributed by atoms with Gasteiger partial charge in [0.1, 0.15) is 18.2 Å². The zero-order valence-corrected chi connectivity index (χ0v) is 22.3. The van der Waals surface area contributed by atoms with E-state index in [1.165, 1.54) is 0 Å². The van der Waals surface area contributed by atoms with Gasteiger partial charge < -0.3 is 30.3 Å². The molecule has 10 heteroatoms. The van der Waals surface area contributed by atoms with E-state index in [0.717, 1.165) is 42.5 Å². The number of carbonyl (C=O) groups excluding carboxylic acids is 1. The lowest BCUT2D eigenvalue weighted by Gasteiger charge is -2.22. The highest BCUT2D eigenvalue weighted by molar-refractivity contribution is 6.03.